The second-order valence-corrected chi connectivity index (χ2v) is 12.6. The quantitative estimate of drug-likeness (QED) is 0.372. The van der Waals surface area contributed by atoms with Gasteiger partial charge in [-0.25, -0.2) is 0 Å². The number of rotatable bonds is 2. The summed E-state index contributed by atoms with van der Waals surface area (Å²) in [6.45, 7) is 5.61. The van der Waals surface area contributed by atoms with Gasteiger partial charge in [0.25, 0.3) is 11.8 Å². The molecule has 0 aromatic heterocycles. The van der Waals surface area contributed by atoms with Gasteiger partial charge in [0, 0.05) is 84.9 Å². The predicted molar refractivity (Wildman–Crippen MR) is 158 cm³/mol. The number of nitrogens with zero attached hydrogens (tertiary/aromatic N) is 4. The third-order valence-corrected chi connectivity index (χ3v) is 10.7. The molecule has 5 aliphatic rings. The van der Waals surface area contributed by atoms with E-state index in [9.17, 15) is 25.1 Å². The Morgan fingerprint density at radius 1 is 0.933 bits per heavy atom. The van der Waals surface area contributed by atoms with Gasteiger partial charge in [0.2, 0.25) is 6.79 Å². The first-order valence-electron chi connectivity index (χ1n) is 14.9. The Morgan fingerprint density at radius 3 is 2.27 bits per heavy atom. The van der Waals surface area contributed by atoms with Crippen LogP contribution in [0.4, 0.5) is 0 Å². The Bertz CT molecular complexity index is 1840. The van der Waals surface area contributed by atoms with Crippen LogP contribution in [0.25, 0.3) is 0 Å². The molecule has 3 aromatic rings. The number of likely N-dealkylation sites (N-methyl/N-ethyl adjacent to an activating group) is 1. The number of aromatic hydroxyl groups is 2. The first-order chi connectivity index (χ1) is 21.1. The van der Waals surface area contributed by atoms with Gasteiger partial charge in [0.15, 0.2) is 11.5 Å². The molecule has 5 heterocycles. The van der Waals surface area contributed by atoms with Gasteiger partial charge in [0.05, 0.1) is 29.3 Å². The first-order valence-corrected chi connectivity index (χ1v) is 14.9. The SMILES string of the molecule is Cc1cc2c(c(O)c1C)C1C3Cc4c(O)c(C)c5c(c4[C@H](CN4C(=O)c6ccccc6C4=O)N3[C@@H](C#N)[C@H](C2)N1C)OCO5.[Ac]. The second kappa shape index (κ2) is 10.7. The summed E-state index contributed by atoms with van der Waals surface area (Å²) in [6, 6.07) is 9.28. The Morgan fingerprint density at radius 2 is 1.60 bits per heavy atom. The molecule has 45 heavy (non-hydrogen) atoms. The van der Waals surface area contributed by atoms with Gasteiger partial charge in [0.1, 0.15) is 17.5 Å². The van der Waals surface area contributed by atoms with Crippen molar-refractivity contribution in [3.05, 3.63) is 80.4 Å². The molecule has 10 nitrogen and oxygen atoms in total. The van der Waals surface area contributed by atoms with Gasteiger partial charge in [-0.05, 0) is 69.5 Å². The van der Waals surface area contributed by atoms with E-state index in [1.165, 1.54) is 4.90 Å². The second-order valence-electron chi connectivity index (χ2n) is 12.6. The van der Waals surface area contributed by atoms with Crippen molar-refractivity contribution < 1.29 is 73.3 Å². The van der Waals surface area contributed by atoms with E-state index in [1.807, 2.05) is 20.9 Å². The zero-order valence-corrected chi connectivity index (χ0v) is 30.2. The molecule has 0 aliphatic carbocycles. The number of ether oxygens (including phenoxy) is 2. The Labute approximate surface area is 296 Å². The maximum Gasteiger partial charge on any atom is 0.261 e. The fourth-order valence-electron chi connectivity index (χ4n) is 8.46. The molecule has 2 N–H and O–H groups in total. The molecule has 0 spiro atoms. The van der Waals surface area contributed by atoms with Crippen molar-refractivity contribution in [2.75, 3.05) is 20.4 Å². The van der Waals surface area contributed by atoms with Crippen molar-refractivity contribution in [1.29, 1.82) is 5.26 Å². The number of carbonyl (C=O) groups is 2. The largest absolute Gasteiger partial charge is 0.507 e. The maximum absolute atomic E-state index is 13.7. The molecule has 227 valence electrons. The number of benzene rings is 3. The minimum absolute atomic E-state index is 0. The number of hydrogen-bond acceptors (Lipinski definition) is 9. The molecular formula is C34H32AcN4O6. The van der Waals surface area contributed by atoms with E-state index in [2.05, 4.69) is 21.9 Å². The maximum atomic E-state index is 13.7. The smallest absolute Gasteiger partial charge is 0.261 e. The number of hydrogen-bond donors (Lipinski definition) is 2. The zero-order chi connectivity index (χ0) is 30.8. The van der Waals surface area contributed by atoms with Crippen LogP contribution < -0.4 is 9.47 Å². The summed E-state index contributed by atoms with van der Waals surface area (Å²) in [4.78, 5) is 32.9. The van der Waals surface area contributed by atoms with Crippen LogP contribution in [0.1, 0.15) is 71.7 Å². The molecule has 5 atom stereocenters. The number of amides is 2. The van der Waals surface area contributed by atoms with Crippen molar-refractivity contribution in [2.45, 2.75) is 63.8 Å². The number of nitriles is 1. The van der Waals surface area contributed by atoms with Crippen LogP contribution in [0, 0.1) is 76.2 Å². The van der Waals surface area contributed by atoms with Crippen LogP contribution in [-0.2, 0) is 12.8 Å². The number of carbonyl (C=O) groups excluding carboxylic acids is 2. The van der Waals surface area contributed by atoms with E-state index in [0.29, 0.717) is 52.2 Å². The fraction of sp³-hybridized carbons (Fsp3) is 0.382. The van der Waals surface area contributed by atoms with Gasteiger partial charge in [-0.2, -0.15) is 5.26 Å². The van der Waals surface area contributed by atoms with Crippen molar-refractivity contribution in [2.24, 2.45) is 0 Å². The number of phenolic OH excluding ortho intramolecular Hbond substituents is 2. The van der Waals surface area contributed by atoms with Crippen molar-refractivity contribution in [3.8, 4) is 29.1 Å². The molecule has 8 rings (SSSR count). The van der Waals surface area contributed by atoms with Crippen LogP contribution in [0.5, 0.6) is 23.0 Å². The van der Waals surface area contributed by atoms with E-state index >= 15 is 0 Å². The van der Waals surface area contributed by atoms with Crippen LogP contribution in [-0.4, -0.2) is 75.2 Å². The molecule has 5 aliphatic heterocycles. The fourth-order valence-corrected chi connectivity index (χ4v) is 8.46. The third-order valence-electron chi connectivity index (χ3n) is 10.7. The molecular weight excluding hydrogens is 787 g/mol. The first kappa shape index (κ1) is 30.5. The van der Waals surface area contributed by atoms with Gasteiger partial charge in [-0.1, -0.05) is 18.2 Å². The van der Waals surface area contributed by atoms with Crippen molar-refractivity contribution in [1.82, 2.24) is 14.7 Å². The Balaban J connectivity index is 0.00000325. The average Bonchev–Trinajstić information content (AvgIpc) is 3.59. The monoisotopic (exact) mass is 819 g/mol. The Kier molecular flexibility index (Phi) is 7.26. The minimum atomic E-state index is -0.675. The molecule has 2 unspecified atom stereocenters. The van der Waals surface area contributed by atoms with Crippen molar-refractivity contribution >= 4 is 11.8 Å². The van der Waals surface area contributed by atoms with Gasteiger partial charge >= 0.3 is 0 Å². The average molecular weight is 820 g/mol. The molecule has 2 amide bonds. The number of fused-ring (bicyclic) bond motifs is 10. The molecule has 3 aromatic carbocycles. The topological polar surface area (TPSA) is 127 Å². The number of phenols is 2. The van der Waals surface area contributed by atoms with Gasteiger partial charge in [-0.15, -0.1) is 0 Å². The number of aryl methyl sites for hydroxylation is 1. The van der Waals surface area contributed by atoms with E-state index in [-0.39, 0.29) is 87.0 Å². The van der Waals surface area contributed by atoms with E-state index in [1.54, 1.807) is 31.2 Å². The summed E-state index contributed by atoms with van der Waals surface area (Å²) in [7, 11) is 1.99. The van der Waals surface area contributed by atoms with Crippen LogP contribution in [0.2, 0.25) is 0 Å². The molecule has 11 heteroatoms. The third kappa shape index (κ3) is 4.02. The van der Waals surface area contributed by atoms with E-state index < -0.39 is 23.9 Å². The summed E-state index contributed by atoms with van der Waals surface area (Å²) in [5.41, 5.74) is 6.19. The Hall–Kier alpha value is -3.15. The predicted octanol–water partition coefficient (Wildman–Crippen LogP) is 3.82. The summed E-state index contributed by atoms with van der Waals surface area (Å²) in [5, 5.41) is 34.0. The zero-order valence-electron chi connectivity index (χ0n) is 25.5. The molecule has 1 saturated heterocycles. The number of piperazine rings is 1. The molecule has 0 saturated carbocycles. The molecule has 1 fully saturated rings. The van der Waals surface area contributed by atoms with Gasteiger partial charge < -0.3 is 19.7 Å². The van der Waals surface area contributed by atoms with Crippen LogP contribution in [0.15, 0.2) is 30.3 Å². The minimum Gasteiger partial charge on any atom is -0.507 e. The molecule has 1 radical (unpaired) electrons. The number of imide groups is 1. The van der Waals surface area contributed by atoms with Gasteiger partial charge in [-0.3, -0.25) is 24.3 Å². The van der Waals surface area contributed by atoms with Crippen LogP contribution >= 0.6 is 0 Å². The summed E-state index contributed by atoms with van der Waals surface area (Å²) in [5.74, 6) is 0.455. The summed E-state index contributed by atoms with van der Waals surface area (Å²) < 4.78 is 11.8. The van der Waals surface area contributed by atoms with Crippen molar-refractivity contribution in [3.63, 3.8) is 0 Å². The molecule has 2 bridgehead atoms. The summed E-state index contributed by atoms with van der Waals surface area (Å²) >= 11 is 0. The summed E-state index contributed by atoms with van der Waals surface area (Å²) in [6.07, 6.45) is 0.922. The van der Waals surface area contributed by atoms with E-state index in [0.717, 1.165) is 22.3 Å². The normalized spacial score (nSPS) is 26.0. The van der Waals surface area contributed by atoms with Crippen LogP contribution in [0.3, 0.4) is 0 Å². The van der Waals surface area contributed by atoms with E-state index in [4.69, 9.17) is 9.47 Å². The standard InChI is InChI=1S/C34H32N4O6.Ac/c1-15-9-18-10-22-24(12-35)38-23(28(36(22)4)26(18)30(40)16(15)2)11-21-27(32-31(43-14-44-32)17(3)29(21)39)25(38)13-37-33(41)19-7-5-6-8-20(19)34(37)42;/h5-9,22-25,28,39-40H,10-11,13-14H2,1-4H3;/t22-,23?,24-,25-,28?;/m0./s1.